The number of nitrogens with two attached hydrogens (primary N) is 1. The predicted molar refractivity (Wildman–Crippen MR) is 76.2 cm³/mol. The molecular formula is C14H18N4O2. The Morgan fingerprint density at radius 1 is 1.35 bits per heavy atom. The zero-order chi connectivity index (χ0) is 14.5. The van der Waals surface area contributed by atoms with Gasteiger partial charge in [0.25, 0.3) is 0 Å². The van der Waals surface area contributed by atoms with Gasteiger partial charge in [-0.1, -0.05) is 41.9 Å². The number of nitrogens with zero attached hydrogens (tertiary/aromatic N) is 3. The van der Waals surface area contributed by atoms with Crippen LogP contribution >= 0.6 is 0 Å². The lowest BCUT2D eigenvalue weighted by molar-refractivity contribution is -0.116. The second kappa shape index (κ2) is 6.18. The predicted octanol–water partition coefficient (Wildman–Crippen LogP) is 1.75. The summed E-state index contributed by atoms with van der Waals surface area (Å²) < 4.78 is 5.22. The van der Waals surface area contributed by atoms with E-state index in [-0.39, 0.29) is 6.54 Å². The van der Waals surface area contributed by atoms with E-state index >= 15 is 0 Å². The summed E-state index contributed by atoms with van der Waals surface area (Å²) in [5.41, 5.74) is 7.27. The molecule has 0 bridgehead atoms. The molecule has 2 aromatic rings. The first-order chi connectivity index (χ1) is 9.60. The number of amides is 1. The Labute approximate surface area is 117 Å². The average molecular weight is 274 g/mol. The Kier molecular flexibility index (Phi) is 4.34. The van der Waals surface area contributed by atoms with E-state index in [0.717, 1.165) is 12.0 Å². The number of carbonyl (C=O) groups excluding carboxylic acids is 1. The second-order valence-electron chi connectivity index (χ2n) is 4.65. The van der Waals surface area contributed by atoms with Crippen LogP contribution in [0.5, 0.6) is 0 Å². The third-order valence-electron chi connectivity index (χ3n) is 2.84. The lowest BCUT2D eigenvalue weighted by atomic mass is 10.1. The molecule has 1 aromatic carbocycles. The van der Waals surface area contributed by atoms with Crippen molar-refractivity contribution < 1.29 is 9.32 Å². The van der Waals surface area contributed by atoms with Gasteiger partial charge in [-0.25, -0.2) is 0 Å². The minimum atomic E-state index is -0.423. The van der Waals surface area contributed by atoms with Gasteiger partial charge in [-0.3, -0.25) is 4.79 Å². The maximum Gasteiger partial charge on any atom is 0.324 e. The number of aromatic nitrogens is 2. The lowest BCUT2D eigenvalue weighted by Gasteiger charge is -2.16. The van der Waals surface area contributed by atoms with Gasteiger partial charge in [0.05, 0.1) is 0 Å². The summed E-state index contributed by atoms with van der Waals surface area (Å²) >= 11 is 0. The summed E-state index contributed by atoms with van der Waals surface area (Å²) in [6.45, 7) is 4.73. The molecular weight excluding hydrogens is 256 g/mol. The van der Waals surface area contributed by atoms with Crippen LogP contribution in [0.25, 0.3) is 11.4 Å². The molecule has 0 aliphatic carbocycles. The Bertz CT molecular complexity index is 577. The fraction of sp³-hybridized carbons (Fsp3) is 0.357. The molecule has 0 atom stereocenters. The second-order valence-corrected chi connectivity index (χ2v) is 4.65. The fourth-order valence-corrected chi connectivity index (χ4v) is 1.86. The molecule has 1 amide bonds. The first-order valence-corrected chi connectivity index (χ1v) is 6.54. The molecule has 0 aliphatic heterocycles. The van der Waals surface area contributed by atoms with E-state index in [1.165, 1.54) is 5.56 Å². The van der Waals surface area contributed by atoms with Crippen LogP contribution in [0.2, 0.25) is 0 Å². The summed E-state index contributed by atoms with van der Waals surface area (Å²) in [7, 11) is 0. The molecule has 20 heavy (non-hydrogen) atoms. The van der Waals surface area contributed by atoms with Gasteiger partial charge in [-0.15, -0.1) is 0 Å². The van der Waals surface area contributed by atoms with Crippen molar-refractivity contribution in [1.29, 1.82) is 0 Å². The Hall–Kier alpha value is -2.37. The van der Waals surface area contributed by atoms with Crippen molar-refractivity contribution in [1.82, 2.24) is 10.1 Å². The lowest BCUT2D eigenvalue weighted by Crippen LogP contribution is -2.34. The van der Waals surface area contributed by atoms with Crippen molar-refractivity contribution in [3.05, 3.63) is 29.8 Å². The third kappa shape index (κ3) is 3.34. The number of carbonyl (C=O) groups is 1. The van der Waals surface area contributed by atoms with Gasteiger partial charge in [0.1, 0.15) is 6.54 Å². The number of anilines is 1. The number of rotatable bonds is 6. The van der Waals surface area contributed by atoms with Gasteiger partial charge in [0.2, 0.25) is 11.7 Å². The van der Waals surface area contributed by atoms with Gasteiger partial charge in [-0.2, -0.15) is 4.98 Å². The molecule has 0 fully saturated rings. The maximum atomic E-state index is 11.1. The zero-order valence-corrected chi connectivity index (χ0v) is 11.7. The number of aryl methyl sites for hydroxylation is 1. The molecule has 1 aromatic heterocycles. The highest BCUT2D eigenvalue weighted by molar-refractivity contribution is 5.78. The van der Waals surface area contributed by atoms with Crippen molar-refractivity contribution in [3.63, 3.8) is 0 Å². The number of hydrogen-bond acceptors (Lipinski definition) is 5. The molecule has 0 spiro atoms. The summed E-state index contributed by atoms with van der Waals surface area (Å²) in [5, 5.41) is 3.95. The van der Waals surface area contributed by atoms with Gasteiger partial charge in [0, 0.05) is 12.1 Å². The Morgan fingerprint density at radius 3 is 2.65 bits per heavy atom. The summed E-state index contributed by atoms with van der Waals surface area (Å²) in [6, 6.07) is 8.16. The monoisotopic (exact) mass is 274 g/mol. The molecule has 0 radical (unpaired) electrons. The molecule has 2 rings (SSSR count). The van der Waals surface area contributed by atoms with Crippen LogP contribution in [0.4, 0.5) is 6.01 Å². The smallest absolute Gasteiger partial charge is 0.324 e. The van der Waals surface area contributed by atoms with E-state index in [1.807, 2.05) is 38.1 Å². The number of primary amides is 1. The molecule has 1 heterocycles. The number of benzene rings is 1. The summed E-state index contributed by atoms with van der Waals surface area (Å²) in [4.78, 5) is 17.1. The molecule has 0 aliphatic rings. The Morgan fingerprint density at radius 2 is 2.05 bits per heavy atom. The number of hydrogen-bond donors (Lipinski definition) is 1. The quantitative estimate of drug-likeness (QED) is 0.867. The molecule has 0 unspecified atom stereocenters. The van der Waals surface area contributed by atoms with E-state index < -0.39 is 5.91 Å². The summed E-state index contributed by atoms with van der Waals surface area (Å²) in [6.07, 6.45) is 0.857. The van der Waals surface area contributed by atoms with Crippen molar-refractivity contribution in [2.45, 2.75) is 20.3 Å². The Balaban J connectivity index is 2.21. The zero-order valence-electron chi connectivity index (χ0n) is 11.7. The fourth-order valence-electron chi connectivity index (χ4n) is 1.86. The minimum Gasteiger partial charge on any atom is -0.368 e. The van der Waals surface area contributed by atoms with Crippen LogP contribution in [-0.4, -0.2) is 29.1 Å². The van der Waals surface area contributed by atoms with Crippen molar-refractivity contribution in [2.24, 2.45) is 5.73 Å². The highest BCUT2D eigenvalue weighted by Crippen LogP contribution is 2.20. The van der Waals surface area contributed by atoms with E-state index in [2.05, 4.69) is 10.1 Å². The van der Waals surface area contributed by atoms with Crippen LogP contribution in [0.15, 0.2) is 28.8 Å². The minimum absolute atomic E-state index is 0.0728. The van der Waals surface area contributed by atoms with E-state index in [9.17, 15) is 4.79 Å². The molecule has 6 nitrogen and oxygen atoms in total. The van der Waals surface area contributed by atoms with Crippen LogP contribution in [-0.2, 0) is 4.79 Å². The van der Waals surface area contributed by atoms with Crippen LogP contribution in [0.3, 0.4) is 0 Å². The topological polar surface area (TPSA) is 85.2 Å². The first kappa shape index (κ1) is 14.0. The molecule has 2 N–H and O–H groups in total. The van der Waals surface area contributed by atoms with Crippen LogP contribution in [0, 0.1) is 6.92 Å². The van der Waals surface area contributed by atoms with Crippen molar-refractivity contribution in [2.75, 3.05) is 18.0 Å². The molecule has 0 saturated heterocycles. The van der Waals surface area contributed by atoms with E-state index in [4.69, 9.17) is 10.3 Å². The van der Waals surface area contributed by atoms with E-state index in [0.29, 0.717) is 18.4 Å². The highest BCUT2D eigenvalue weighted by Gasteiger charge is 2.16. The van der Waals surface area contributed by atoms with Crippen molar-refractivity contribution >= 4 is 11.9 Å². The van der Waals surface area contributed by atoms with Crippen LogP contribution in [0.1, 0.15) is 18.9 Å². The van der Waals surface area contributed by atoms with Crippen molar-refractivity contribution in [3.8, 4) is 11.4 Å². The normalized spacial score (nSPS) is 10.5. The summed E-state index contributed by atoms with van der Waals surface area (Å²) in [5.74, 6) is 0.0825. The molecule has 106 valence electrons. The van der Waals surface area contributed by atoms with Crippen LogP contribution < -0.4 is 10.6 Å². The average Bonchev–Trinajstić information content (AvgIpc) is 2.88. The highest BCUT2D eigenvalue weighted by atomic mass is 16.5. The van der Waals surface area contributed by atoms with Gasteiger partial charge < -0.3 is 15.2 Å². The third-order valence-corrected chi connectivity index (χ3v) is 2.84. The molecule has 6 heteroatoms. The van der Waals surface area contributed by atoms with Gasteiger partial charge in [0.15, 0.2) is 0 Å². The SMILES string of the molecule is CCCN(CC(N)=O)c1nc(-c2ccc(C)cc2)no1. The molecule has 0 saturated carbocycles. The maximum absolute atomic E-state index is 11.1. The largest absolute Gasteiger partial charge is 0.368 e. The van der Waals surface area contributed by atoms with E-state index in [1.54, 1.807) is 4.90 Å². The standard InChI is InChI=1S/C14H18N4O2/c1-3-8-18(9-12(15)19)14-16-13(17-20-14)11-6-4-10(2)5-7-11/h4-7H,3,8-9H2,1-2H3,(H2,15,19). The first-order valence-electron chi connectivity index (χ1n) is 6.54. The van der Waals surface area contributed by atoms with Gasteiger partial charge >= 0.3 is 6.01 Å². The van der Waals surface area contributed by atoms with Gasteiger partial charge in [-0.05, 0) is 13.3 Å².